The summed E-state index contributed by atoms with van der Waals surface area (Å²) in [4.78, 5) is 0. The Kier molecular flexibility index (Phi) is 4.39. The van der Waals surface area contributed by atoms with Gasteiger partial charge in [-0.2, -0.15) is 0 Å². The molecule has 0 radical (unpaired) electrons. The number of piperidine rings is 1. The van der Waals surface area contributed by atoms with Crippen LogP contribution in [-0.2, 0) is 0 Å². The largest absolute Gasteiger partial charge is 0.390 e. The fourth-order valence-electron chi connectivity index (χ4n) is 2.68. The van der Waals surface area contributed by atoms with E-state index in [1.807, 2.05) is 6.92 Å². The summed E-state index contributed by atoms with van der Waals surface area (Å²) in [5.74, 6) is 1.26. The van der Waals surface area contributed by atoms with Crippen LogP contribution in [0.3, 0.4) is 0 Å². The molecule has 0 aromatic carbocycles. The highest BCUT2D eigenvalue weighted by atomic mass is 16.3. The highest BCUT2D eigenvalue weighted by Gasteiger charge is 2.27. The minimum atomic E-state index is -0.460. The molecular weight excluding hydrogens is 174 g/mol. The molecule has 1 saturated heterocycles. The lowest BCUT2D eigenvalue weighted by Gasteiger charge is -2.32. The molecule has 2 heteroatoms. The average molecular weight is 199 g/mol. The summed E-state index contributed by atoms with van der Waals surface area (Å²) < 4.78 is 0. The zero-order valence-corrected chi connectivity index (χ0v) is 9.84. The third-order valence-electron chi connectivity index (χ3n) is 2.98. The number of rotatable bonds is 4. The molecular formula is C12H25NO. The first-order chi connectivity index (χ1) is 6.49. The summed E-state index contributed by atoms with van der Waals surface area (Å²) in [6.07, 6.45) is 4.42. The molecule has 2 nitrogen and oxygen atoms in total. The van der Waals surface area contributed by atoms with Crippen LogP contribution in [0.25, 0.3) is 0 Å². The van der Waals surface area contributed by atoms with E-state index in [4.69, 9.17) is 0 Å². The summed E-state index contributed by atoms with van der Waals surface area (Å²) >= 11 is 0. The van der Waals surface area contributed by atoms with Gasteiger partial charge in [-0.05, 0) is 57.5 Å². The van der Waals surface area contributed by atoms with Gasteiger partial charge < -0.3 is 10.4 Å². The third-order valence-corrected chi connectivity index (χ3v) is 2.98. The molecule has 2 unspecified atom stereocenters. The minimum Gasteiger partial charge on any atom is -0.390 e. The molecule has 1 heterocycles. The highest BCUT2D eigenvalue weighted by Crippen LogP contribution is 2.27. The second-order valence-corrected chi connectivity index (χ2v) is 5.51. The van der Waals surface area contributed by atoms with Crippen LogP contribution in [-0.4, -0.2) is 23.8 Å². The fourth-order valence-corrected chi connectivity index (χ4v) is 2.68. The molecule has 0 aromatic rings. The normalized spacial score (nSPS) is 27.6. The molecule has 0 spiro atoms. The van der Waals surface area contributed by atoms with Crippen LogP contribution < -0.4 is 5.32 Å². The zero-order chi connectivity index (χ0) is 10.6. The van der Waals surface area contributed by atoms with E-state index < -0.39 is 5.60 Å². The smallest absolute Gasteiger partial charge is 0.0625 e. The van der Waals surface area contributed by atoms with Crippen molar-refractivity contribution in [3.8, 4) is 0 Å². The Morgan fingerprint density at radius 2 is 2.21 bits per heavy atom. The Morgan fingerprint density at radius 3 is 2.71 bits per heavy atom. The van der Waals surface area contributed by atoms with Gasteiger partial charge in [-0.3, -0.25) is 0 Å². The van der Waals surface area contributed by atoms with Crippen molar-refractivity contribution in [3.63, 3.8) is 0 Å². The topological polar surface area (TPSA) is 32.3 Å². The number of aliphatic hydroxyl groups is 1. The summed E-state index contributed by atoms with van der Waals surface area (Å²) in [5.41, 5.74) is -0.460. The number of hydrogen-bond donors (Lipinski definition) is 2. The molecule has 0 amide bonds. The SMILES string of the molecule is CC(C)CC(C)(O)CC1CCCNC1. The average Bonchev–Trinajstić information content (AvgIpc) is 2.02. The standard InChI is InChI=1S/C12H25NO/c1-10(2)7-12(3,14)8-11-5-4-6-13-9-11/h10-11,13-14H,4-9H2,1-3H3. The van der Waals surface area contributed by atoms with Crippen LogP contribution in [0.1, 0.15) is 46.5 Å². The van der Waals surface area contributed by atoms with Gasteiger partial charge in [0.15, 0.2) is 0 Å². The van der Waals surface area contributed by atoms with Crippen molar-refractivity contribution < 1.29 is 5.11 Å². The Morgan fingerprint density at radius 1 is 1.50 bits per heavy atom. The monoisotopic (exact) mass is 199 g/mol. The van der Waals surface area contributed by atoms with Crippen molar-refractivity contribution >= 4 is 0 Å². The van der Waals surface area contributed by atoms with E-state index in [1.165, 1.54) is 12.8 Å². The van der Waals surface area contributed by atoms with Crippen molar-refractivity contribution in [2.45, 2.75) is 52.1 Å². The molecule has 2 atom stereocenters. The molecule has 0 aliphatic carbocycles. The van der Waals surface area contributed by atoms with Crippen molar-refractivity contribution in [1.82, 2.24) is 5.32 Å². The van der Waals surface area contributed by atoms with E-state index in [9.17, 15) is 5.11 Å². The van der Waals surface area contributed by atoms with E-state index in [0.29, 0.717) is 11.8 Å². The van der Waals surface area contributed by atoms with Gasteiger partial charge in [-0.1, -0.05) is 13.8 Å². The molecule has 0 aromatic heterocycles. The van der Waals surface area contributed by atoms with Crippen molar-refractivity contribution in [2.24, 2.45) is 11.8 Å². The molecule has 0 bridgehead atoms. The molecule has 0 saturated carbocycles. The van der Waals surface area contributed by atoms with Crippen LogP contribution in [0.4, 0.5) is 0 Å². The van der Waals surface area contributed by atoms with E-state index in [1.54, 1.807) is 0 Å². The van der Waals surface area contributed by atoms with E-state index >= 15 is 0 Å². The first-order valence-electron chi connectivity index (χ1n) is 5.93. The molecule has 1 rings (SSSR count). The predicted molar refractivity (Wildman–Crippen MR) is 60.3 cm³/mol. The Balaban J connectivity index is 2.32. The second-order valence-electron chi connectivity index (χ2n) is 5.51. The first kappa shape index (κ1) is 12.0. The van der Waals surface area contributed by atoms with E-state index in [-0.39, 0.29) is 0 Å². The molecule has 1 aliphatic heterocycles. The molecule has 2 N–H and O–H groups in total. The van der Waals surface area contributed by atoms with Crippen molar-refractivity contribution in [3.05, 3.63) is 0 Å². The van der Waals surface area contributed by atoms with Crippen LogP contribution >= 0.6 is 0 Å². The van der Waals surface area contributed by atoms with Gasteiger partial charge in [0.05, 0.1) is 5.60 Å². The summed E-state index contributed by atoms with van der Waals surface area (Å²) in [5, 5.41) is 13.6. The van der Waals surface area contributed by atoms with Gasteiger partial charge in [-0.15, -0.1) is 0 Å². The zero-order valence-electron chi connectivity index (χ0n) is 9.84. The maximum atomic E-state index is 10.2. The summed E-state index contributed by atoms with van der Waals surface area (Å²) in [6, 6.07) is 0. The first-order valence-corrected chi connectivity index (χ1v) is 5.93. The second kappa shape index (κ2) is 5.13. The Hall–Kier alpha value is -0.0800. The Bertz CT molecular complexity index is 160. The summed E-state index contributed by atoms with van der Waals surface area (Å²) in [6.45, 7) is 8.58. The third kappa shape index (κ3) is 4.43. The quantitative estimate of drug-likeness (QED) is 0.727. The number of nitrogens with one attached hydrogen (secondary N) is 1. The van der Waals surface area contributed by atoms with Crippen LogP contribution in [0.15, 0.2) is 0 Å². The van der Waals surface area contributed by atoms with Gasteiger partial charge >= 0.3 is 0 Å². The van der Waals surface area contributed by atoms with E-state index in [0.717, 1.165) is 25.9 Å². The van der Waals surface area contributed by atoms with Gasteiger partial charge in [0.25, 0.3) is 0 Å². The lowest BCUT2D eigenvalue weighted by atomic mass is 9.83. The van der Waals surface area contributed by atoms with Crippen LogP contribution in [0.5, 0.6) is 0 Å². The van der Waals surface area contributed by atoms with Gasteiger partial charge in [0.1, 0.15) is 0 Å². The van der Waals surface area contributed by atoms with Crippen molar-refractivity contribution in [1.29, 1.82) is 0 Å². The highest BCUT2D eigenvalue weighted by molar-refractivity contribution is 4.81. The van der Waals surface area contributed by atoms with Gasteiger partial charge in [0, 0.05) is 0 Å². The Labute approximate surface area is 88.1 Å². The maximum absolute atomic E-state index is 10.2. The van der Waals surface area contributed by atoms with Gasteiger partial charge in [0.2, 0.25) is 0 Å². The van der Waals surface area contributed by atoms with Crippen LogP contribution in [0, 0.1) is 11.8 Å². The molecule has 1 aliphatic rings. The van der Waals surface area contributed by atoms with Crippen LogP contribution in [0.2, 0.25) is 0 Å². The number of hydrogen-bond acceptors (Lipinski definition) is 2. The van der Waals surface area contributed by atoms with E-state index in [2.05, 4.69) is 19.2 Å². The summed E-state index contributed by atoms with van der Waals surface area (Å²) in [7, 11) is 0. The fraction of sp³-hybridized carbons (Fsp3) is 1.00. The molecule has 84 valence electrons. The lowest BCUT2D eigenvalue weighted by Crippen LogP contribution is -2.36. The molecule has 14 heavy (non-hydrogen) atoms. The lowest BCUT2D eigenvalue weighted by molar-refractivity contribution is 0.0110. The predicted octanol–water partition coefficient (Wildman–Crippen LogP) is 2.17. The molecule has 1 fully saturated rings. The minimum absolute atomic E-state index is 0.460. The maximum Gasteiger partial charge on any atom is 0.0625 e. The van der Waals surface area contributed by atoms with Crippen molar-refractivity contribution in [2.75, 3.05) is 13.1 Å². The van der Waals surface area contributed by atoms with Gasteiger partial charge in [-0.25, -0.2) is 0 Å².